The zero-order chi connectivity index (χ0) is 11.9. The first-order valence-corrected chi connectivity index (χ1v) is 5.25. The molecule has 0 heterocycles. The van der Waals surface area contributed by atoms with Gasteiger partial charge in [-0.2, -0.15) is 13.2 Å². The van der Waals surface area contributed by atoms with E-state index in [0.717, 1.165) is 12.1 Å². The zero-order valence-corrected chi connectivity index (χ0v) is 8.35. The van der Waals surface area contributed by atoms with Gasteiger partial charge in [-0.1, -0.05) is 6.07 Å². The van der Waals surface area contributed by atoms with Gasteiger partial charge in [0.1, 0.15) is 10.6 Å². The lowest BCUT2D eigenvalue weighted by molar-refractivity contribution is -0.0437. The van der Waals surface area contributed by atoms with Crippen LogP contribution in [-0.4, -0.2) is 19.0 Å². The number of phenolic OH excluding ortho intramolecular Hbond substituents is 1. The standard InChI is InChI=1S/C8H7F3O3S/c1-5-2-3-6(12)7(4-5)15(13,14)8(9,10)11/h2-4,12H,1H3. The highest BCUT2D eigenvalue weighted by Crippen LogP contribution is 2.35. The molecule has 1 aromatic carbocycles. The van der Waals surface area contributed by atoms with E-state index in [4.69, 9.17) is 5.11 Å². The Kier molecular flexibility index (Phi) is 2.69. The fraction of sp³-hybridized carbons (Fsp3) is 0.250. The molecule has 0 aliphatic carbocycles. The van der Waals surface area contributed by atoms with E-state index in [9.17, 15) is 21.6 Å². The summed E-state index contributed by atoms with van der Waals surface area (Å²) in [7, 11) is -5.48. The van der Waals surface area contributed by atoms with Gasteiger partial charge in [0.05, 0.1) is 0 Å². The molecular weight excluding hydrogens is 233 g/mol. The van der Waals surface area contributed by atoms with Crippen LogP contribution in [0.15, 0.2) is 23.1 Å². The minimum Gasteiger partial charge on any atom is -0.507 e. The van der Waals surface area contributed by atoms with Crippen molar-refractivity contribution in [1.29, 1.82) is 0 Å². The first kappa shape index (κ1) is 11.8. The summed E-state index contributed by atoms with van der Waals surface area (Å²) in [5.41, 5.74) is -5.09. The average Bonchev–Trinajstić information content (AvgIpc) is 2.07. The molecule has 0 unspecified atom stereocenters. The lowest BCUT2D eigenvalue weighted by Gasteiger charge is -2.09. The van der Waals surface area contributed by atoms with Gasteiger partial charge in [-0.15, -0.1) is 0 Å². The molecule has 0 aromatic heterocycles. The predicted octanol–water partition coefficient (Wildman–Crippen LogP) is 1.99. The average molecular weight is 240 g/mol. The number of aryl methyl sites for hydroxylation is 1. The maximum Gasteiger partial charge on any atom is 0.502 e. The molecule has 0 amide bonds. The van der Waals surface area contributed by atoms with E-state index in [1.807, 2.05) is 0 Å². The molecule has 0 bridgehead atoms. The van der Waals surface area contributed by atoms with Crippen LogP contribution in [0.4, 0.5) is 13.2 Å². The lowest BCUT2D eigenvalue weighted by Crippen LogP contribution is -2.23. The maximum atomic E-state index is 12.1. The van der Waals surface area contributed by atoms with Crippen LogP contribution < -0.4 is 0 Å². The molecule has 1 rings (SSSR count). The summed E-state index contributed by atoms with van der Waals surface area (Å²) < 4.78 is 58.3. The Hall–Kier alpha value is -1.24. The summed E-state index contributed by atoms with van der Waals surface area (Å²) >= 11 is 0. The number of hydrogen-bond donors (Lipinski definition) is 1. The number of alkyl halides is 3. The van der Waals surface area contributed by atoms with Crippen molar-refractivity contribution in [2.24, 2.45) is 0 Å². The molecule has 0 atom stereocenters. The summed E-state index contributed by atoms with van der Waals surface area (Å²) in [6.07, 6.45) is 0. The van der Waals surface area contributed by atoms with E-state index in [0.29, 0.717) is 5.56 Å². The Balaban J connectivity index is 3.47. The van der Waals surface area contributed by atoms with Crippen molar-refractivity contribution < 1.29 is 26.7 Å². The molecule has 0 saturated heterocycles. The third kappa shape index (κ3) is 2.06. The largest absolute Gasteiger partial charge is 0.507 e. The quantitative estimate of drug-likeness (QED) is 0.816. The molecule has 15 heavy (non-hydrogen) atoms. The second-order valence-electron chi connectivity index (χ2n) is 2.92. The summed E-state index contributed by atoms with van der Waals surface area (Å²) in [6, 6.07) is 3.00. The molecule has 0 radical (unpaired) electrons. The van der Waals surface area contributed by atoms with E-state index in [1.54, 1.807) is 0 Å². The first-order valence-electron chi connectivity index (χ1n) is 3.77. The van der Waals surface area contributed by atoms with Gasteiger partial charge < -0.3 is 5.11 Å². The molecule has 7 heteroatoms. The third-order valence-electron chi connectivity index (χ3n) is 1.71. The SMILES string of the molecule is Cc1ccc(O)c(S(=O)(=O)C(F)(F)F)c1. The fourth-order valence-electron chi connectivity index (χ4n) is 0.961. The Bertz CT molecular complexity index is 476. The zero-order valence-electron chi connectivity index (χ0n) is 7.54. The number of aromatic hydroxyl groups is 1. The second-order valence-corrected chi connectivity index (χ2v) is 4.83. The molecule has 1 N–H and O–H groups in total. The van der Waals surface area contributed by atoms with Gasteiger partial charge in [0, 0.05) is 0 Å². The van der Waals surface area contributed by atoms with E-state index in [2.05, 4.69) is 0 Å². The summed E-state index contributed by atoms with van der Waals surface area (Å²) in [4.78, 5) is -1.12. The first-order chi connectivity index (χ1) is 6.66. The predicted molar refractivity (Wildman–Crippen MR) is 46.1 cm³/mol. The van der Waals surface area contributed by atoms with Gasteiger partial charge in [-0.05, 0) is 24.6 Å². The minimum absolute atomic E-state index is 0.315. The maximum absolute atomic E-state index is 12.1. The Morgan fingerprint density at radius 3 is 2.27 bits per heavy atom. The van der Waals surface area contributed by atoms with E-state index in [1.165, 1.54) is 13.0 Å². The summed E-state index contributed by atoms with van der Waals surface area (Å²) in [6.45, 7) is 1.43. The number of phenols is 1. The molecule has 0 saturated carbocycles. The number of sulfone groups is 1. The topological polar surface area (TPSA) is 54.4 Å². The highest BCUT2D eigenvalue weighted by atomic mass is 32.2. The molecule has 84 valence electrons. The van der Waals surface area contributed by atoms with Crippen molar-refractivity contribution >= 4 is 9.84 Å². The van der Waals surface area contributed by atoms with Gasteiger partial charge in [0.25, 0.3) is 9.84 Å². The van der Waals surface area contributed by atoms with Gasteiger partial charge in [0.2, 0.25) is 0 Å². The van der Waals surface area contributed by atoms with Crippen LogP contribution in [-0.2, 0) is 9.84 Å². The van der Waals surface area contributed by atoms with E-state index in [-0.39, 0.29) is 0 Å². The van der Waals surface area contributed by atoms with Crippen LogP contribution in [0.3, 0.4) is 0 Å². The number of hydrogen-bond acceptors (Lipinski definition) is 3. The van der Waals surface area contributed by atoms with Crippen molar-refractivity contribution in [1.82, 2.24) is 0 Å². The van der Waals surface area contributed by atoms with Crippen molar-refractivity contribution in [3.63, 3.8) is 0 Å². The molecule has 3 nitrogen and oxygen atoms in total. The van der Waals surface area contributed by atoms with E-state index < -0.39 is 26.0 Å². The van der Waals surface area contributed by atoms with Gasteiger partial charge in [0.15, 0.2) is 0 Å². The normalized spacial score (nSPS) is 12.8. The minimum atomic E-state index is -5.48. The van der Waals surface area contributed by atoms with Gasteiger partial charge >= 0.3 is 5.51 Å². The Morgan fingerprint density at radius 2 is 1.80 bits per heavy atom. The Morgan fingerprint density at radius 1 is 1.27 bits per heavy atom. The molecule has 0 aliphatic heterocycles. The number of halogens is 3. The highest BCUT2D eigenvalue weighted by Gasteiger charge is 2.48. The van der Waals surface area contributed by atoms with E-state index >= 15 is 0 Å². The molecule has 0 spiro atoms. The summed E-state index contributed by atoms with van der Waals surface area (Å²) in [5, 5.41) is 9.05. The smallest absolute Gasteiger partial charge is 0.502 e. The lowest BCUT2D eigenvalue weighted by atomic mass is 10.2. The fourth-order valence-corrected chi connectivity index (χ4v) is 1.90. The molecule has 1 aromatic rings. The second kappa shape index (κ2) is 3.41. The third-order valence-corrected chi connectivity index (χ3v) is 3.22. The van der Waals surface area contributed by atoms with Crippen LogP contribution >= 0.6 is 0 Å². The van der Waals surface area contributed by atoms with Gasteiger partial charge in [-0.3, -0.25) is 0 Å². The number of benzene rings is 1. The van der Waals surface area contributed by atoms with Crippen molar-refractivity contribution in [2.75, 3.05) is 0 Å². The van der Waals surface area contributed by atoms with Crippen molar-refractivity contribution in [3.05, 3.63) is 23.8 Å². The molecule has 0 fully saturated rings. The van der Waals surface area contributed by atoms with Crippen molar-refractivity contribution in [3.8, 4) is 5.75 Å². The molecule has 0 aliphatic rings. The summed E-state index contributed by atoms with van der Waals surface area (Å²) in [5.74, 6) is -0.905. The monoisotopic (exact) mass is 240 g/mol. The van der Waals surface area contributed by atoms with Crippen molar-refractivity contribution in [2.45, 2.75) is 17.3 Å². The van der Waals surface area contributed by atoms with Crippen LogP contribution in [0.2, 0.25) is 0 Å². The highest BCUT2D eigenvalue weighted by molar-refractivity contribution is 7.92. The Labute approximate surface area is 84.1 Å². The van der Waals surface area contributed by atoms with Gasteiger partial charge in [-0.25, -0.2) is 8.42 Å². The van der Waals surface area contributed by atoms with Crippen LogP contribution in [0, 0.1) is 6.92 Å². The molecular formula is C8H7F3O3S. The number of rotatable bonds is 1. The van der Waals surface area contributed by atoms with Crippen LogP contribution in [0.5, 0.6) is 5.75 Å². The van der Waals surface area contributed by atoms with Crippen LogP contribution in [0.25, 0.3) is 0 Å². The van der Waals surface area contributed by atoms with Crippen LogP contribution in [0.1, 0.15) is 5.56 Å².